The van der Waals surface area contributed by atoms with E-state index in [2.05, 4.69) is 5.32 Å². The second-order valence-corrected chi connectivity index (χ2v) is 4.65. The van der Waals surface area contributed by atoms with Crippen molar-refractivity contribution in [3.63, 3.8) is 0 Å². The maximum atomic E-state index is 10.6. The van der Waals surface area contributed by atoms with Gasteiger partial charge in [0, 0.05) is 30.8 Å². The third-order valence-corrected chi connectivity index (χ3v) is 3.24. The lowest BCUT2D eigenvalue weighted by molar-refractivity contribution is -0.384. The number of nitrogens with zero attached hydrogens (tertiary/aromatic N) is 1. The molecule has 0 aliphatic heterocycles. The van der Waals surface area contributed by atoms with Crippen molar-refractivity contribution in [2.45, 2.75) is 32.9 Å². The van der Waals surface area contributed by atoms with Crippen LogP contribution in [0.3, 0.4) is 0 Å². The highest BCUT2D eigenvalue weighted by Crippen LogP contribution is 2.22. The third kappa shape index (κ3) is 4.50. The molecule has 0 aliphatic rings. The van der Waals surface area contributed by atoms with Crippen molar-refractivity contribution in [3.05, 3.63) is 33.9 Å². The predicted octanol–water partition coefficient (Wildman–Crippen LogP) is 1.80. The van der Waals surface area contributed by atoms with Gasteiger partial charge in [0.05, 0.1) is 11.0 Å². The molecule has 106 valence electrons. The van der Waals surface area contributed by atoms with Crippen LogP contribution in [-0.2, 0) is 6.54 Å². The predicted molar refractivity (Wildman–Crippen MR) is 71.9 cm³/mol. The number of nitrogens with one attached hydrogen (secondary N) is 1. The van der Waals surface area contributed by atoms with Crippen LogP contribution in [-0.4, -0.2) is 27.8 Å². The summed E-state index contributed by atoms with van der Waals surface area (Å²) in [5.41, 5.74) is 0.391. The van der Waals surface area contributed by atoms with Crippen LogP contribution in [0.2, 0.25) is 0 Å². The number of phenols is 1. The molecule has 0 heterocycles. The Morgan fingerprint density at radius 2 is 2.16 bits per heavy atom. The molecule has 2 atom stereocenters. The summed E-state index contributed by atoms with van der Waals surface area (Å²) in [5.74, 6) is 0.197. The molecule has 3 N–H and O–H groups in total. The Morgan fingerprint density at radius 3 is 2.74 bits per heavy atom. The number of rotatable bonds is 7. The van der Waals surface area contributed by atoms with E-state index in [-0.39, 0.29) is 23.9 Å². The monoisotopic (exact) mass is 268 g/mol. The van der Waals surface area contributed by atoms with Gasteiger partial charge >= 0.3 is 0 Å². The van der Waals surface area contributed by atoms with Gasteiger partial charge in [0.15, 0.2) is 0 Å². The molecule has 1 aromatic carbocycles. The van der Waals surface area contributed by atoms with E-state index in [1.54, 1.807) is 0 Å². The molecule has 0 radical (unpaired) electrons. The minimum absolute atomic E-state index is 0.0103. The number of phenolic OH excluding ortho intramolecular Hbond substituents is 1. The maximum absolute atomic E-state index is 10.6. The largest absolute Gasteiger partial charge is 0.508 e. The zero-order valence-corrected chi connectivity index (χ0v) is 11.2. The fourth-order valence-corrected chi connectivity index (χ4v) is 1.66. The number of hydrogen-bond acceptors (Lipinski definition) is 5. The Bertz CT molecular complexity index is 437. The lowest BCUT2D eigenvalue weighted by atomic mass is 10.0. The van der Waals surface area contributed by atoms with Crippen LogP contribution < -0.4 is 5.32 Å². The molecule has 6 nitrogen and oxygen atoms in total. The third-order valence-electron chi connectivity index (χ3n) is 3.24. The van der Waals surface area contributed by atoms with Gasteiger partial charge in [0.25, 0.3) is 5.69 Å². The summed E-state index contributed by atoms with van der Waals surface area (Å²) in [6.45, 7) is 4.62. The Labute approximate surface area is 112 Å². The summed E-state index contributed by atoms with van der Waals surface area (Å²) < 4.78 is 0. The highest BCUT2D eigenvalue weighted by atomic mass is 16.6. The molecule has 0 saturated heterocycles. The summed E-state index contributed by atoms with van der Waals surface area (Å²) in [6, 6.07) is 3.89. The van der Waals surface area contributed by atoms with Gasteiger partial charge in [-0.3, -0.25) is 10.1 Å². The van der Waals surface area contributed by atoms with E-state index >= 15 is 0 Å². The first kappa shape index (κ1) is 15.4. The molecule has 2 unspecified atom stereocenters. The summed E-state index contributed by atoms with van der Waals surface area (Å²) in [4.78, 5) is 10.1. The van der Waals surface area contributed by atoms with Crippen molar-refractivity contribution < 1.29 is 15.1 Å². The molecular weight excluding hydrogens is 248 g/mol. The number of aliphatic hydroxyl groups excluding tert-OH is 1. The van der Waals surface area contributed by atoms with Gasteiger partial charge in [-0.15, -0.1) is 0 Å². The number of aliphatic hydroxyl groups is 1. The van der Waals surface area contributed by atoms with E-state index in [4.69, 9.17) is 0 Å². The van der Waals surface area contributed by atoms with E-state index in [1.807, 2.05) is 13.8 Å². The molecule has 0 aliphatic carbocycles. The number of non-ortho nitro benzene ring substituents is 1. The van der Waals surface area contributed by atoms with Gasteiger partial charge in [-0.25, -0.2) is 0 Å². The number of nitro benzene ring substituents is 1. The number of nitro groups is 1. The Balaban J connectivity index is 2.58. The van der Waals surface area contributed by atoms with Gasteiger partial charge in [0.2, 0.25) is 0 Å². The maximum Gasteiger partial charge on any atom is 0.270 e. The van der Waals surface area contributed by atoms with Crippen molar-refractivity contribution in [2.24, 2.45) is 5.92 Å². The molecule has 0 fully saturated rings. The van der Waals surface area contributed by atoms with Gasteiger partial charge in [-0.1, -0.05) is 20.3 Å². The highest BCUT2D eigenvalue weighted by Gasteiger charge is 2.13. The average Bonchev–Trinajstić information content (AvgIpc) is 2.39. The van der Waals surface area contributed by atoms with Crippen molar-refractivity contribution in [1.29, 1.82) is 0 Å². The van der Waals surface area contributed by atoms with Crippen molar-refractivity contribution >= 4 is 5.69 Å². The molecule has 0 aromatic heterocycles. The first-order valence-electron chi connectivity index (χ1n) is 6.30. The fraction of sp³-hybridized carbons (Fsp3) is 0.538. The van der Waals surface area contributed by atoms with Crippen LogP contribution in [0.25, 0.3) is 0 Å². The number of benzene rings is 1. The summed E-state index contributed by atoms with van der Waals surface area (Å²) in [6.07, 6.45) is 0.413. The van der Waals surface area contributed by atoms with E-state index in [0.717, 1.165) is 6.42 Å². The smallest absolute Gasteiger partial charge is 0.270 e. The SMILES string of the molecule is CCC(C)C(O)CNCc1cc([N+](=O)[O-])ccc1O. The molecule has 1 rings (SSSR count). The van der Waals surface area contributed by atoms with Crippen molar-refractivity contribution in [3.8, 4) is 5.75 Å². The quantitative estimate of drug-likeness (QED) is 0.517. The standard InChI is InChI=1S/C13H20N2O4/c1-3-9(2)13(17)8-14-7-10-6-11(15(18)19)4-5-12(10)16/h4-6,9,13-14,16-17H,3,7-8H2,1-2H3. The fourth-order valence-electron chi connectivity index (χ4n) is 1.66. The van der Waals surface area contributed by atoms with Crippen molar-refractivity contribution in [2.75, 3.05) is 6.54 Å². The second kappa shape index (κ2) is 7.06. The van der Waals surface area contributed by atoms with Crippen LogP contribution in [0.4, 0.5) is 5.69 Å². The van der Waals surface area contributed by atoms with Gasteiger partial charge in [-0.2, -0.15) is 0 Å². The van der Waals surface area contributed by atoms with Crippen molar-refractivity contribution in [1.82, 2.24) is 5.32 Å². The van der Waals surface area contributed by atoms with Gasteiger partial charge in [0.1, 0.15) is 5.75 Å². The van der Waals surface area contributed by atoms with E-state index in [0.29, 0.717) is 12.1 Å². The minimum atomic E-state index is -0.503. The summed E-state index contributed by atoms with van der Waals surface area (Å²) in [5, 5.41) is 33.0. The Morgan fingerprint density at radius 1 is 1.47 bits per heavy atom. The molecule has 1 aromatic rings. The lowest BCUT2D eigenvalue weighted by Crippen LogP contribution is -2.31. The lowest BCUT2D eigenvalue weighted by Gasteiger charge is -2.17. The first-order chi connectivity index (χ1) is 8.95. The second-order valence-electron chi connectivity index (χ2n) is 4.65. The van der Waals surface area contributed by atoms with E-state index in [1.165, 1.54) is 18.2 Å². The highest BCUT2D eigenvalue weighted by molar-refractivity contribution is 5.42. The summed E-state index contributed by atoms with van der Waals surface area (Å²) >= 11 is 0. The first-order valence-corrected chi connectivity index (χ1v) is 6.30. The average molecular weight is 268 g/mol. The molecule has 19 heavy (non-hydrogen) atoms. The van der Waals surface area contributed by atoms with Crippen LogP contribution in [0.5, 0.6) is 5.75 Å². The zero-order chi connectivity index (χ0) is 14.4. The molecule has 0 saturated carbocycles. The zero-order valence-electron chi connectivity index (χ0n) is 11.2. The normalized spacial score (nSPS) is 14.1. The van der Waals surface area contributed by atoms with E-state index < -0.39 is 11.0 Å². The molecule has 0 bridgehead atoms. The molecule has 6 heteroatoms. The Hall–Kier alpha value is -1.66. The van der Waals surface area contributed by atoms with Crippen LogP contribution >= 0.6 is 0 Å². The van der Waals surface area contributed by atoms with Crippen LogP contribution in [0.15, 0.2) is 18.2 Å². The Kier molecular flexibility index (Phi) is 5.72. The number of hydrogen-bond donors (Lipinski definition) is 3. The molecule has 0 amide bonds. The van der Waals surface area contributed by atoms with Gasteiger partial charge in [-0.05, 0) is 12.0 Å². The van der Waals surface area contributed by atoms with Crippen LogP contribution in [0, 0.1) is 16.0 Å². The van der Waals surface area contributed by atoms with E-state index in [9.17, 15) is 20.3 Å². The van der Waals surface area contributed by atoms with Gasteiger partial charge < -0.3 is 15.5 Å². The van der Waals surface area contributed by atoms with Crippen LogP contribution in [0.1, 0.15) is 25.8 Å². The topological polar surface area (TPSA) is 95.6 Å². The minimum Gasteiger partial charge on any atom is -0.508 e. The summed E-state index contributed by atoms with van der Waals surface area (Å²) in [7, 11) is 0. The number of aromatic hydroxyl groups is 1. The molecule has 0 spiro atoms. The molecular formula is C13H20N2O4.